The molecule has 5 aromatic rings. The Kier molecular flexibility index (Phi) is 17.7. The second kappa shape index (κ2) is 21.9. The van der Waals surface area contributed by atoms with Crippen molar-refractivity contribution >= 4 is 7.25 Å². The molecule has 3 saturated heterocycles. The zero-order chi connectivity index (χ0) is 39.4. The molecule has 3 N–H and O–H groups in total. The molecular weight excluding hydrogens is 792 g/mol. The van der Waals surface area contributed by atoms with Gasteiger partial charge in [-0.1, -0.05) is 150 Å². The molecule has 4 aromatic carbocycles. The maximum absolute atomic E-state index is 15.1. The van der Waals surface area contributed by atoms with Gasteiger partial charge in [-0.15, -0.1) is 0 Å². The van der Waals surface area contributed by atoms with Gasteiger partial charge in [0, 0.05) is 38.4 Å². The average Bonchev–Trinajstić information content (AvgIpc) is 4.04. The van der Waals surface area contributed by atoms with Gasteiger partial charge in [-0.2, -0.15) is 0 Å². The molecule has 58 heavy (non-hydrogen) atoms. The SMILES string of the molecule is C1CCOC1.F[B-](F)(F)F.[Co+3].[O-]C(c1ccccc1)(c1ccccc1)[C@@H]1CCCN1Cc1cccc(CN2CCC[C@H]2C([O-])(c2ccccc2)c2ccccc2)n1.[OH3+]. The van der Waals surface area contributed by atoms with Crippen molar-refractivity contribution in [3.05, 3.63) is 173 Å². The molecule has 3 aliphatic rings. The molecule has 8 rings (SSSR count). The van der Waals surface area contributed by atoms with Crippen LogP contribution in [0.1, 0.15) is 72.2 Å². The number of rotatable bonds is 10. The molecule has 0 amide bonds. The Bertz CT molecular complexity index is 1700. The van der Waals surface area contributed by atoms with E-state index < -0.39 is 18.5 Å². The fourth-order valence-corrected chi connectivity index (χ4v) is 8.43. The van der Waals surface area contributed by atoms with Crippen molar-refractivity contribution in [2.75, 3.05) is 26.3 Å². The fraction of sp³-hybridized carbons (Fsp3) is 0.356. The van der Waals surface area contributed by atoms with E-state index in [4.69, 9.17) is 9.72 Å². The van der Waals surface area contributed by atoms with Gasteiger partial charge >= 0.3 is 24.0 Å². The summed E-state index contributed by atoms with van der Waals surface area (Å²) in [7, 11) is -6.00. The number of hydrogen-bond donors (Lipinski definition) is 0. The molecule has 2 atom stereocenters. The van der Waals surface area contributed by atoms with E-state index in [2.05, 4.69) is 28.0 Å². The molecule has 310 valence electrons. The van der Waals surface area contributed by atoms with Crippen molar-refractivity contribution in [3.63, 3.8) is 0 Å². The molecule has 4 heterocycles. The average molecular weight is 845 g/mol. The fourth-order valence-electron chi connectivity index (χ4n) is 8.43. The van der Waals surface area contributed by atoms with Crippen LogP contribution in [0, 0.1) is 0 Å². The van der Waals surface area contributed by atoms with E-state index in [0.717, 1.165) is 85.6 Å². The maximum Gasteiger partial charge on any atom is 3.00 e. The third-order valence-corrected chi connectivity index (χ3v) is 10.9. The Morgan fingerprint density at radius 3 is 1.12 bits per heavy atom. The van der Waals surface area contributed by atoms with Gasteiger partial charge in [0.2, 0.25) is 0 Å². The minimum Gasteiger partial charge on any atom is -0.841 e. The quantitative estimate of drug-likeness (QED) is 0.0872. The van der Waals surface area contributed by atoms with Crippen molar-refractivity contribution in [3.8, 4) is 0 Å². The van der Waals surface area contributed by atoms with E-state index in [1.807, 2.05) is 121 Å². The predicted octanol–water partition coefficient (Wildman–Crippen LogP) is 6.79. The standard InChI is InChI=1S/C41H41N3O2.C4H8O.BF4.Co.H2O/c45-40(32-16-5-1-6-17-32,33-18-7-2-8-19-33)38-26-14-28-43(38)30-36-24-13-25-37(42-36)31-44-29-15-27-39(44)41(46,34-20-9-3-10-21-34)35-22-11-4-12-23-35;1-2-4-5-3-1;2-1(3,4)5;;/h1-13,16-25,38-39H,14-15,26-31H2;1-4H2;;;1H2/q-2;;-1;+3;/p+1/t38-,39-;;;;/m0..../s1. The topological polar surface area (TPSA) is 108 Å². The molecule has 0 spiro atoms. The Balaban J connectivity index is 0.000000549. The van der Waals surface area contributed by atoms with E-state index in [0.29, 0.717) is 13.1 Å². The molecule has 3 fully saturated rings. The molecule has 0 unspecified atom stereocenters. The van der Waals surface area contributed by atoms with Crippen LogP contribution in [0.5, 0.6) is 0 Å². The molecule has 0 bridgehead atoms. The maximum atomic E-state index is 15.1. The van der Waals surface area contributed by atoms with Crippen LogP contribution in [-0.2, 0) is 51.3 Å². The van der Waals surface area contributed by atoms with Gasteiger partial charge in [-0.05, 0) is 74.9 Å². The van der Waals surface area contributed by atoms with Crippen LogP contribution < -0.4 is 10.2 Å². The second-order valence-corrected chi connectivity index (χ2v) is 14.6. The summed E-state index contributed by atoms with van der Waals surface area (Å²) < 4.78 is 43.9. The van der Waals surface area contributed by atoms with Gasteiger partial charge < -0.3 is 37.7 Å². The van der Waals surface area contributed by atoms with Crippen LogP contribution in [0.4, 0.5) is 17.3 Å². The van der Waals surface area contributed by atoms with Crippen molar-refractivity contribution in [1.29, 1.82) is 0 Å². The predicted molar refractivity (Wildman–Crippen MR) is 214 cm³/mol. The molecule has 7 nitrogen and oxygen atoms in total. The molecule has 0 radical (unpaired) electrons. The van der Waals surface area contributed by atoms with Crippen molar-refractivity contribution in [1.82, 2.24) is 14.8 Å². The number of nitrogens with zero attached hydrogens (tertiary/aromatic N) is 3. The van der Waals surface area contributed by atoms with Gasteiger partial charge in [-0.25, -0.2) is 0 Å². The first-order chi connectivity index (χ1) is 27.1. The van der Waals surface area contributed by atoms with Gasteiger partial charge in [0.05, 0.1) is 11.4 Å². The van der Waals surface area contributed by atoms with Crippen LogP contribution >= 0.6 is 0 Å². The molecule has 0 saturated carbocycles. The summed E-state index contributed by atoms with van der Waals surface area (Å²) >= 11 is 0. The van der Waals surface area contributed by atoms with Gasteiger partial charge in [0.1, 0.15) is 0 Å². The minimum absolute atomic E-state index is 0. The molecule has 0 aliphatic carbocycles. The number of halogens is 4. The van der Waals surface area contributed by atoms with Crippen LogP contribution in [-0.4, -0.2) is 60.4 Å². The Hall–Kier alpha value is -3.92. The summed E-state index contributed by atoms with van der Waals surface area (Å²) in [5, 5.41) is 30.1. The largest absolute Gasteiger partial charge is 3.00 e. The second-order valence-electron chi connectivity index (χ2n) is 14.6. The number of aromatic nitrogens is 1. The molecule has 13 heteroatoms. The van der Waals surface area contributed by atoms with Crippen molar-refractivity contribution in [2.45, 2.75) is 74.9 Å². The normalized spacial score (nSPS) is 18.5. The first-order valence-corrected chi connectivity index (χ1v) is 19.6. The third-order valence-electron chi connectivity index (χ3n) is 10.9. The molecule has 3 aliphatic heterocycles. The van der Waals surface area contributed by atoms with Crippen molar-refractivity contribution in [2.24, 2.45) is 0 Å². The Morgan fingerprint density at radius 1 is 0.534 bits per heavy atom. The van der Waals surface area contributed by atoms with E-state index in [9.17, 15) is 17.3 Å². The first-order valence-electron chi connectivity index (χ1n) is 19.6. The van der Waals surface area contributed by atoms with E-state index in [1.165, 1.54) is 12.8 Å². The van der Waals surface area contributed by atoms with Crippen LogP contribution in [0.2, 0.25) is 0 Å². The van der Waals surface area contributed by atoms with Crippen LogP contribution in [0.15, 0.2) is 140 Å². The van der Waals surface area contributed by atoms with Crippen molar-refractivity contribution < 1.29 is 54.5 Å². The van der Waals surface area contributed by atoms with Gasteiger partial charge in [-0.3, -0.25) is 14.8 Å². The summed E-state index contributed by atoms with van der Waals surface area (Å²) in [4.78, 5) is 9.81. The van der Waals surface area contributed by atoms with Crippen LogP contribution in [0.3, 0.4) is 0 Å². The summed E-state index contributed by atoms with van der Waals surface area (Å²) in [6.45, 7) is 4.96. The van der Waals surface area contributed by atoms with E-state index >= 15 is 10.2 Å². The Labute approximate surface area is 349 Å². The number of ether oxygens (including phenoxy) is 1. The summed E-state index contributed by atoms with van der Waals surface area (Å²) in [5.41, 5.74) is 2.37. The monoisotopic (exact) mass is 844 g/mol. The van der Waals surface area contributed by atoms with Gasteiger partial charge in [0.15, 0.2) is 0 Å². The van der Waals surface area contributed by atoms with E-state index in [-0.39, 0.29) is 34.3 Å². The van der Waals surface area contributed by atoms with E-state index in [1.54, 1.807) is 0 Å². The summed E-state index contributed by atoms with van der Waals surface area (Å²) in [6, 6.07) is 45.2. The smallest absolute Gasteiger partial charge is 0.841 e. The first kappa shape index (κ1) is 46.8. The zero-order valence-corrected chi connectivity index (χ0v) is 33.5. The number of benzene rings is 4. The van der Waals surface area contributed by atoms with Crippen LogP contribution in [0.25, 0.3) is 0 Å². The Morgan fingerprint density at radius 2 is 0.845 bits per heavy atom. The molecule has 1 aromatic heterocycles. The van der Waals surface area contributed by atoms with Gasteiger partial charge in [0.25, 0.3) is 0 Å². The third kappa shape index (κ3) is 11.9. The number of hydrogen-bond acceptors (Lipinski definition) is 6. The summed E-state index contributed by atoms with van der Waals surface area (Å²) in [5.74, 6) is 0. The zero-order valence-electron chi connectivity index (χ0n) is 32.5. The minimum atomic E-state index is -6.00. The number of likely N-dealkylation sites (tertiary alicyclic amines) is 2. The number of pyridine rings is 1. The molecular formula is C45H52BCoF4N3O4+. The summed E-state index contributed by atoms with van der Waals surface area (Å²) in [6.07, 6.45) is 6.20.